The van der Waals surface area contributed by atoms with E-state index in [1.165, 1.54) is 0 Å². The first-order valence-electron chi connectivity index (χ1n) is 10.4. The summed E-state index contributed by atoms with van der Waals surface area (Å²) in [6.45, 7) is 3.85. The number of anilines is 1. The van der Waals surface area contributed by atoms with E-state index in [1.807, 2.05) is 50.2 Å². The van der Waals surface area contributed by atoms with Gasteiger partial charge in [-0.2, -0.15) is 4.31 Å². The second-order valence-electron chi connectivity index (χ2n) is 7.72. The van der Waals surface area contributed by atoms with Crippen LogP contribution in [-0.4, -0.2) is 13.5 Å². The molecule has 0 aliphatic heterocycles. The standard InChI is InChI=1S/C28H23NO3S/c1-21-11-15-24(16-12-21)29(33(31,32)25-17-13-22(2)14-18-25)20-19-23-7-3-4-8-26(23)27-9-5-6-10-28(27)30/h3-18,30H,1-2H3. The van der Waals surface area contributed by atoms with Gasteiger partial charge in [0.2, 0.25) is 0 Å². The van der Waals surface area contributed by atoms with Crippen LogP contribution in [0.3, 0.4) is 0 Å². The van der Waals surface area contributed by atoms with Crippen LogP contribution in [0.15, 0.2) is 102 Å². The highest BCUT2D eigenvalue weighted by Crippen LogP contribution is 2.31. The average molecular weight is 454 g/mol. The molecular weight excluding hydrogens is 430 g/mol. The number of sulfonamides is 1. The lowest BCUT2D eigenvalue weighted by Crippen LogP contribution is -2.26. The topological polar surface area (TPSA) is 57.6 Å². The maximum Gasteiger partial charge on any atom is 0.275 e. The first-order valence-corrected chi connectivity index (χ1v) is 11.9. The predicted molar refractivity (Wildman–Crippen MR) is 132 cm³/mol. The summed E-state index contributed by atoms with van der Waals surface area (Å²) in [7, 11) is -3.93. The van der Waals surface area contributed by atoms with Crippen LogP contribution in [0.2, 0.25) is 0 Å². The van der Waals surface area contributed by atoms with Crippen LogP contribution in [0.4, 0.5) is 5.69 Å². The van der Waals surface area contributed by atoms with E-state index in [2.05, 4.69) is 12.0 Å². The van der Waals surface area contributed by atoms with Crippen molar-refractivity contribution in [3.05, 3.63) is 114 Å². The molecule has 0 amide bonds. The van der Waals surface area contributed by atoms with E-state index in [-0.39, 0.29) is 10.6 Å². The predicted octanol–water partition coefficient (Wildman–Crippen LogP) is 5.88. The summed E-state index contributed by atoms with van der Waals surface area (Å²) in [6.07, 6.45) is 0. The second kappa shape index (κ2) is 9.23. The number of hydrogen-bond acceptors (Lipinski definition) is 3. The van der Waals surface area contributed by atoms with E-state index >= 15 is 0 Å². The Bertz CT molecular complexity index is 1450. The molecule has 0 saturated carbocycles. The Morgan fingerprint density at radius 1 is 0.697 bits per heavy atom. The van der Waals surface area contributed by atoms with Gasteiger partial charge in [0.15, 0.2) is 0 Å². The van der Waals surface area contributed by atoms with Crippen LogP contribution < -0.4 is 4.31 Å². The van der Waals surface area contributed by atoms with Gasteiger partial charge >= 0.3 is 0 Å². The number of aryl methyl sites for hydroxylation is 2. The van der Waals surface area contributed by atoms with Gasteiger partial charge in [0.05, 0.1) is 10.6 Å². The van der Waals surface area contributed by atoms with E-state index in [0.29, 0.717) is 16.8 Å². The largest absolute Gasteiger partial charge is 0.507 e. The normalized spacial score (nSPS) is 10.8. The van der Waals surface area contributed by atoms with Gasteiger partial charge in [0, 0.05) is 22.7 Å². The van der Waals surface area contributed by atoms with Crippen molar-refractivity contribution in [2.75, 3.05) is 4.31 Å². The minimum Gasteiger partial charge on any atom is -0.507 e. The molecule has 33 heavy (non-hydrogen) atoms. The molecule has 0 spiro atoms. The summed E-state index contributed by atoms with van der Waals surface area (Å²) in [5, 5.41) is 10.3. The molecule has 0 aromatic heterocycles. The smallest absolute Gasteiger partial charge is 0.275 e. The van der Waals surface area contributed by atoms with Crippen LogP contribution in [0.25, 0.3) is 11.1 Å². The number of aromatic hydroxyl groups is 1. The van der Waals surface area contributed by atoms with Crippen molar-refractivity contribution in [2.45, 2.75) is 18.7 Å². The number of phenols is 1. The monoisotopic (exact) mass is 453 g/mol. The molecule has 0 heterocycles. The van der Waals surface area contributed by atoms with Crippen LogP contribution in [0, 0.1) is 25.8 Å². The zero-order chi connectivity index (χ0) is 23.4. The molecule has 0 bridgehead atoms. The Labute approximate surface area is 194 Å². The van der Waals surface area contributed by atoms with E-state index in [4.69, 9.17) is 0 Å². The Hall–Kier alpha value is -4.01. The molecule has 4 nitrogen and oxygen atoms in total. The summed E-state index contributed by atoms with van der Waals surface area (Å²) in [6, 6.07) is 31.1. The molecule has 0 atom stereocenters. The minimum atomic E-state index is -3.93. The number of hydrogen-bond donors (Lipinski definition) is 1. The first-order chi connectivity index (χ1) is 15.9. The summed E-state index contributed by atoms with van der Waals surface area (Å²) >= 11 is 0. The molecule has 0 aliphatic rings. The highest BCUT2D eigenvalue weighted by molar-refractivity contribution is 7.93. The fourth-order valence-electron chi connectivity index (χ4n) is 3.40. The molecule has 0 saturated heterocycles. The summed E-state index contributed by atoms with van der Waals surface area (Å²) in [5.74, 6) is 3.16. The molecule has 4 rings (SSSR count). The fourth-order valence-corrected chi connectivity index (χ4v) is 4.65. The van der Waals surface area contributed by atoms with Gasteiger partial charge in [-0.25, -0.2) is 8.42 Å². The van der Waals surface area contributed by atoms with Crippen LogP contribution in [0.5, 0.6) is 5.75 Å². The van der Waals surface area contributed by atoms with Gasteiger partial charge in [-0.05, 0) is 56.2 Å². The Balaban J connectivity index is 1.85. The Kier molecular flexibility index (Phi) is 6.21. The molecule has 0 aliphatic carbocycles. The quantitative estimate of drug-likeness (QED) is 0.310. The van der Waals surface area contributed by atoms with Crippen LogP contribution in [0.1, 0.15) is 16.7 Å². The van der Waals surface area contributed by atoms with E-state index in [1.54, 1.807) is 60.7 Å². The van der Waals surface area contributed by atoms with E-state index < -0.39 is 10.0 Å². The van der Waals surface area contributed by atoms with Gasteiger partial charge in [-0.1, -0.05) is 71.8 Å². The van der Waals surface area contributed by atoms with Gasteiger partial charge in [-0.15, -0.1) is 0 Å². The molecule has 4 aromatic rings. The van der Waals surface area contributed by atoms with Crippen molar-refractivity contribution in [1.82, 2.24) is 0 Å². The molecule has 1 N–H and O–H groups in total. The molecule has 0 radical (unpaired) electrons. The number of para-hydroxylation sites is 1. The maximum absolute atomic E-state index is 13.5. The average Bonchev–Trinajstić information content (AvgIpc) is 2.81. The number of nitrogens with zero attached hydrogens (tertiary/aromatic N) is 1. The first kappa shape index (κ1) is 22.2. The van der Waals surface area contributed by atoms with Crippen molar-refractivity contribution in [3.8, 4) is 28.8 Å². The minimum absolute atomic E-state index is 0.134. The SMILES string of the molecule is Cc1ccc(N(C#Cc2ccccc2-c2ccccc2O)S(=O)(=O)c2ccc(C)cc2)cc1. The Morgan fingerprint density at radius 3 is 1.88 bits per heavy atom. The van der Waals surface area contributed by atoms with Gasteiger partial charge in [0.25, 0.3) is 10.0 Å². The van der Waals surface area contributed by atoms with Crippen LogP contribution in [-0.2, 0) is 10.0 Å². The highest BCUT2D eigenvalue weighted by atomic mass is 32.2. The number of phenolic OH excluding ortho intramolecular Hbond substituents is 1. The molecule has 164 valence electrons. The summed E-state index contributed by atoms with van der Waals surface area (Å²) < 4.78 is 28.2. The van der Waals surface area contributed by atoms with Gasteiger partial charge < -0.3 is 5.11 Å². The number of rotatable bonds is 4. The maximum atomic E-state index is 13.5. The second-order valence-corrected chi connectivity index (χ2v) is 9.50. The lowest BCUT2D eigenvalue weighted by atomic mass is 9.99. The zero-order valence-corrected chi connectivity index (χ0v) is 19.2. The lowest BCUT2D eigenvalue weighted by Gasteiger charge is -2.18. The summed E-state index contributed by atoms with van der Waals surface area (Å²) in [5.41, 5.74) is 4.40. The van der Waals surface area contributed by atoms with Crippen molar-refractivity contribution < 1.29 is 13.5 Å². The van der Waals surface area contributed by atoms with Gasteiger partial charge in [0.1, 0.15) is 5.75 Å². The molecular formula is C28H23NO3S. The van der Waals surface area contributed by atoms with E-state index in [9.17, 15) is 13.5 Å². The third-order valence-electron chi connectivity index (χ3n) is 5.24. The highest BCUT2D eigenvalue weighted by Gasteiger charge is 2.24. The molecule has 5 heteroatoms. The molecule has 0 unspecified atom stereocenters. The molecule has 4 aromatic carbocycles. The third-order valence-corrected chi connectivity index (χ3v) is 6.89. The number of benzene rings is 4. The Morgan fingerprint density at radius 2 is 1.24 bits per heavy atom. The lowest BCUT2D eigenvalue weighted by molar-refractivity contribution is 0.477. The zero-order valence-electron chi connectivity index (χ0n) is 18.4. The van der Waals surface area contributed by atoms with Crippen molar-refractivity contribution in [1.29, 1.82) is 0 Å². The van der Waals surface area contributed by atoms with Crippen molar-refractivity contribution in [3.63, 3.8) is 0 Å². The molecule has 0 fully saturated rings. The van der Waals surface area contributed by atoms with Crippen molar-refractivity contribution in [2.24, 2.45) is 0 Å². The van der Waals surface area contributed by atoms with E-state index in [0.717, 1.165) is 21.0 Å². The van der Waals surface area contributed by atoms with Gasteiger partial charge in [-0.3, -0.25) is 0 Å². The van der Waals surface area contributed by atoms with Crippen molar-refractivity contribution >= 4 is 15.7 Å². The van der Waals surface area contributed by atoms with Crippen LogP contribution >= 0.6 is 0 Å². The third kappa shape index (κ3) is 4.77. The summed E-state index contributed by atoms with van der Waals surface area (Å²) in [4.78, 5) is 0.164. The fraction of sp³-hybridized carbons (Fsp3) is 0.0714.